The van der Waals surface area contributed by atoms with Gasteiger partial charge in [0.2, 0.25) is 0 Å². The molecule has 2 heterocycles. The van der Waals surface area contributed by atoms with Crippen molar-refractivity contribution in [2.75, 3.05) is 18.4 Å². The number of carbonyl (C=O) groups is 1. The van der Waals surface area contributed by atoms with Gasteiger partial charge in [-0.1, -0.05) is 41.9 Å². The summed E-state index contributed by atoms with van der Waals surface area (Å²) in [4.78, 5) is 18.6. The number of carbonyl (C=O) groups excluding carboxylic acids is 1. The van der Waals surface area contributed by atoms with E-state index in [-0.39, 0.29) is 12.1 Å². The molecule has 0 spiro atoms. The third-order valence-corrected chi connectivity index (χ3v) is 4.77. The first kappa shape index (κ1) is 16.7. The summed E-state index contributed by atoms with van der Waals surface area (Å²) in [6, 6.07) is 16.8. The standard InChI is InChI=1S/C20H18ClN3O2/c21-16-7-1-2-8-17(16)23-20(25)24-12-10-15(13-24)26-18-9-3-5-14-6-4-11-22-19(14)18/h1-9,11,15H,10,12-13H2,(H,23,25). The average Bonchev–Trinajstić information content (AvgIpc) is 3.13. The molecule has 1 aliphatic rings. The molecule has 1 saturated heterocycles. The van der Waals surface area contributed by atoms with Crippen LogP contribution >= 0.6 is 11.6 Å². The van der Waals surface area contributed by atoms with Crippen molar-refractivity contribution in [3.8, 4) is 5.75 Å². The molecule has 1 aromatic heterocycles. The molecule has 0 bridgehead atoms. The summed E-state index contributed by atoms with van der Waals surface area (Å²) >= 11 is 6.10. The minimum absolute atomic E-state index is 0.0559. The number of likely N-dealkylation sites (tertiary alicyclic amines) is 1. The molecule has 4 rings (SSSR count). The van der Waals surface area contributed by atoms with E-state index in [0.29, 0.717) is 23.8 Å². The van der Waals surface area contributed by atoms with Gasteiger partial charge in [0.1, 0.15) is 17.4 Å². The smallest absolute Gasteiger partial charge is 0.322 e. The number of nitrogens with zero attached hydrogens (tertiary/aromatic N) is 2. The highest BCUT2D eigenvalue weighted by Crippen LogP contribution is 2.27. The Labute approximate surface area is 156 Å². The number of hydrogen-bond donors (Lipinski definition) is 1. The van der Waals surface area contributed by atoms with Gasteiger partial charge in [-0.05, 0) is 24.3 Å². The average molecular weight is 368 g/mol. The molecule has 26 heavy (non-hydrogen) atoms. The number of hydrogen-bond acceptors (Lipinski definition) is 3. The fourth-order valence-electron chi connectivity index (χ4n) is 3.12. The number of halogens is 1. The van der Waals surface area contributed by atoms with Gasteiger partial charge in [-0.15, -0.1) is 0 Å². The van der Waals surface area contributed by atoms with Crippen LogP contribution in [0.1, 0.15) is 6.42 Å². The van der Waals surface area contributed by atoms with E-state index in [4.69, 9.17) is 16.3 Å². The molecule has 1 atom stereocenters. The Balaban J connectivity index is 1.42. The number of rotatable bonds is 3. The minimum atomic E-state index is -0.166. The first-order chi connectivity index (χ1) is 12.7. The fourth-order valence-corrected chi connectivity index (χ4v) is 3.30. The zero-order valence-corrected chi connectivity index (χ0v) is 14.8. The molecule has 132 valence electrons. The van der Waals surface area contributed by atoms with Crippen LogP contribution in [0.3, 0.4) is 0 Å². The number of para-hydroxylation sites is 2. The lowest BCUT2D eigenvalue weighted by Gasteiger charge is -2.18. The van der Waals surface area contributed by atoms with E-state index in [1.54, 1.807) is 23.2 Å². The second-order valence-electron chi connectivity index (χ2n) is 6.22. The van der Waals surface area contributed by atoms with Gasteiger partial charge in [0.15, 0.2) is 0 Å². The quantitative estimate of drug-likeness (QED) is 0.737. The second kappa shape index (κ2) is 7.22. The molecular weight excluding hydrogens is 350 g/mol. The van der Waals surface area contributed by atoms with Crippen molar-refractivity contribution in [2.45, 2.75) is 12.5 Å². The maximum absolute atomic E-state index is 12.5. The Bertz CT molecular complexity index is 942. The molecule has 1 fully saturated rings. The molecule has 5 nitrogen and oxygen atoms in total. The van der Waals surface area contributed by atoms with E-state index in [1.165, 1.54) is 0 Å². The molecule has 0 aliphatic carbocycles. The number of urea groups is 1. The summed E-state index contributed by atoms with van der Waals surface area (Å²) in [6.45, 7) is 1.17. The highest BCUT2D eigenvalue weighted by molar-refractivity contribution is 6.33. The van der Waals surface area contributed by atoms with Crippen molar-refractivity contribution in [3.05, 3.63) is 65.8 Å². The van der Waals surface area contributed by atoms with Crippen LogP contribution in [0.2, 0.25) is 5.02 Å². The van der Waals surface area contributed by atoms with Crippen LogP contribution in [0.4, 0.5) is 10.5 Å². The molecule has 0 radical (unpaired) electrons. The maximum atomic E-state index is 12.5. The van der Waals surface area contributed by atoms with Crippen LogP contribution in [-0.2, 0) is 0 Å². The van der Waals surface area contributed by atoms with Crippen LogP contribution in [0, 0.1) is 0 Å². The van der Waals surface area contributed by atoms with Gasteiger partial charge in [0.05, 0.1) is 17.3 Å². The number of fused-ring (bicyclic) bond motifs is 1. The van der Waals surface area contributed by atoms with E-state index in [1.807, 2.05) is 42.5 Å². The van der Waals surface area contributed by atoms with Crippen LogP contribution in [0.15, 0.2) is 60.8 Å². The first-order valence-electron chi connectivity index (χ1n) is 8.51. The van der Waals surface area contributed by atoms with Crippen molar-refractivity contribution in [1.29, 1.82) is 0 Å². The van der Waals surface area contributed by atoms with Gasteiger partial charge in [0, 0.05) is 24.5 Å². The molecule has 1 N–H and O–H groups in total. The summed E-state index contributed by atoms with van der Waals surface area (Å²) in [5.41, 5.74) is 1.45. The number of aromatic nitrogens is 1. The zero-order valence-electron chi connectivity index (χ0n) is 14.1. The van der Waals surface area contributed by atoms with Gasteiger partial charge in [-0.3, -0.25) is 4.98 Å². The SMILES string of the molecule is O=C(Nc1ccccc1Cl)N1CCC(Oc2cccc3cccnc23)C1. The van der Waals surface area contributed by atoms with E-state index >= 15 is 0 Å². The molecule has 2 aromatic carbocycles. The summed E-state index contributed by atoms with van der Waals surface area (Å²) in [7, 11) is 0. The molecule has 0 saturated carbocycles. The number of pyridine rings is 1. The summed E-state index contributed by atoms with van der Waals surface area (Å²) in [5.74, 6) is 0.751. The van der Waals surface area contributed by atoms with Crippen LogP contribution in [0.5, 0.6) is 5.75 Å². The van der Waals surface area contributed by atoms with Crippen molar-refractivity contribution >= 4 is 34.2 Å². The van der Waals surface area contributed by atoms with Crippen molar-refractivity contribution in [3.63, 3.8) is 0 Å². The first-order valence-corrected chi connectivity index (χ1v) is 8.89. The topological polar surface area (TPSA) is 54.5 Å². The monoisotopic (exact) mass is 367 g/mol. The normalized spacial score (nSPS) is 16.7. The third kappa shape index (κ3) is 3.44. The minimum Gasteiger partial charge on any atom is -0.486 e. The van der Waals surface area contributed by atoms with Crippen LogP contribution in [0.25, 0.3) is 10.9 Å². The van der Waals surface area contributed by atoms with Gasteiger partial charge in [-0.2, -0.15) is 0 Å². The highest BCUT2D eigenvalue weighted by Gasteiger charge is 2.28. The Hall–Kier alpha value is -2.79. The summed E-state index contributed by atoms with van der Waals surface area (Å²) in [6.07, 6.45) is 2.48. The number of benzene rings is 2. The van der Waals surface area contributed by atoms with Gasteiger partial charge >= 0.3 is 6.03 Å². The van der Waals surface area contributed by atoms with Crippen molar-refractivity contribution in [2.24, 2.45) is 0 Å². The number of ether oxygens (including phenoxy) is 1. The Morgan fingerprint density at radius 1 is 1.15 bits per heavy atom. The Kier molecular flexibility index (Phi) is 4.63. The van der Waals surface area contributed by atoms with Crippen LogP contribution < -0.4 is 10.1 Å². The van der Waals surface area contributed by atoms with Gasteiger partial charge in [0.25, 0.3) is 0 Å². The van der Waals surface area contributed by atoms with E-state index < -0.39 is 0 Å². The predicted octanol–water partition coefficient (Wildman–Crippen LogP) is 4.57. The maximum Gasteiger partial charge on any atom is 0.322 e. The lowest BCUT2D eigenvalue weighted by Crippen LogP contribution is -2.34. The third-order valence-electron chi connectivity index (χ3n) is 4.44. The lowest BCUT2D eigenvalue weighted by molar-refractivity contribution is 0.196. The second-order valence-corrected chi connectivity index (χ2v) is 6.62. The molecule has 3 aromatic rings. The molecule has 1 aliphatic heterocycles. The summed E-state index contributed by atoms with van der Waals surface area (Å²) < 4.78 is 6.13. The Morgan fingerprint density at radius 2 is 2.00 bits per heavy atom. The number of amides is 2. The van der Waals surface area contributed by atoms with Crippen LogP contribution in [-0.4, -0.2) is 35.1 Å². The lowest BCUT2D eigenvalue weighted by atomic mass is 10.2. The van der Waals surface area contributed by atoms with E-state index in [9.17, 15) is 4.79 Å². The number of anilines is 1. The fraction of sp³-hybridized carbons (Fsp3) is 0.200. The number of nitrogens with one attached hydrogen (secondary N) is 1. The highest BCUT2D eigenvalue weighted by atomic mass is 35.5. The predicted molar refractivity (Wildman–Crippen MR) is 103 cm³/mol. The molecule has 6 heteroatoms. The largest absolute Gasteiger partial charge is 0.486 e. The molecular formula is C20H18ClN3O2. The molecule has 2 amide bonds. The summed E-state index contributed by atoms with van der Waals surface area (Å²) in [5, 5.41) is 4.41. The van der Waals surface area contributed by atoms with Crippen molar-refractivity contribution in [1.82, 2.24) is 9.88 Å². The Morgan fingerprint density at radius 3 is 2.88 bits per heavy atom. The van der Waals surface area contributed by atoms with Crippen molar-refractivity contribution < 1.29 is 9.53 Å². The van der Waals surface area contributed by atoms with Gasteiger partial charge in [-0.25, -0.2) is 4.79 Å². The molecule has 1 unspecified atom stereocenters. The zero-order chi connectivity index (χ0) is 17.9. The van der Waals surface area contributed by atoms with E-state index in [2.05, 4.69) is 10.3 Å². The van der Waals surface area contributed by atoms with E-state index in [0.717, 1.165) is 23.1 Å². The van der Waals surface area contributed by atoms with Gasteiger partial charge < -0.3 is 15.0 Å².